The van der Waals surface area contributed by atoms with Gasteiger partial charge in [0.2, 0.25) is 6.41 Å². The molecule has 114 valence electrons. The normalized spacial score (nSPS) is 16.0. The van der Waals surface area contributed by atoms with Crippen molar-refractivity contribution in [1.29, 1.82) is 0 Å². The summed E-state index contributed by atoms with van der Waals surface area (Å²) in [4.78, 5) is 23.9. The molecule has 0 unspecified atom stereocenters. The number of benzene rings is 1. The second kappa shape index (κ2) is 5.58. The first-order valence-corrected chi connectivity index (χ1v) is 6.13. The van der Waals surface area contributed by atoms with E-state index >= 15 is 0 Å². The van der Waals surface area contributed by atoms with Crippen LogP contribution in [0.15, 0.2) is 18.2 Å². The molecule has 1 aromatic carbocycles. The van der Waals surface area contributed by atoms with Crippen molar-refractivity contribution in [3.63, 3.8) is 0 Å². The van der Waals surface area contributed by atoms with Crippen LogP contribution in [-0.4, -0.2) is 42.4 Å². The number of amides is 1. The number of anilines is 1. The largest absolute Gasteiger partial charge is 0.416 e. The highest BCUT2D eigenvalue weighted by atomic mass is 19.4. The number of nitrogens with zero attached hydrogens (tertiary/aromatic N) is 3. The SMILES string of the molecule is O=CN1CCN(c2ccc(C(F)(F)F)cc2[N+](=O)[O-])CC1. The van der Waals surface area contributed by atoms with Crippen molar-refractivity contribution in [1.82, 2.24) is 4.90 Å². The van der Waals surface area contributed by atoms with E-state index in [4.69, 9.17) is 0 Å². The highest BCUT2D eigenvalue weighted by molar-refractivity contribution is 5.65. The highest BCUT2D eigenvalue weighted by Gasteiger charge is 2.34. The first-order chi connectivity index (χ1) is 9.82. The van der Waals surface area contributed by atoms with E-state index in [9.17, 15) is 28.1 Å². The molecule has 0 atom stereocenters. The predicted octanol–water partition coefficient (Wildman–Crippen LogP) is 1.89. The Balaban J connectivity index is 2.31. The Morgan fingerprint density at radius 1 is 1.19 bits per heavy atom. The topological polar surface area (TPSA) is 66.7 Å². The van der Waals surface area contributed by atoms with Crippen LogP contribution in [-0.2, 0) is 11.0 Å². The van der Waals surface area contributed by atoms with Crippen molar-refractivity contribution in [2.75, 3.05) is 31.1 Å². The molecule has 0 N–H and O–H groups in total. The van der Waals surface area contributed by atoms with Gasteiger partial charge >= 0.3 is 6.18 Å². The molecular weight excluding hydrogens is 291 g/mol. The number of hydrogen-bond acceptors (Lipinski definition) is 4. The number of rotatable bonds is 3. The number of halogens is 3. The van der Waals surface area contributed by atoms with Crippen LogP contribution in [0.5, 0.6) is 0 Å². The van der Waals surface area contributed by atoms with Gasteiger partial charge < -0.3 is 9.80 Å². The lowest BCUT2D eigenvalue weighted by Gasteiger charge is -2.33. The van der Waals surface area contributed by atoms with Crippen molar-refractivity contribution in [2.45, 2.75) is 6.18 Å². The van der Waals surface area contributed by atoms with Crippen LogP contribution in [0.25, 0.3) is 0 Å². The molecule has 1 fully saturated rings. The van der Waals surface area contributed by atoms with E-state index in [2.05, 4.69) is 0 Å². The molecule has 0 bridgehead atoms. The summed E-state index contributed by atoms with van der Waals surface area (Å²) < 4.78 is 37.9. The van der Waals surface area contributed by atoms with Crippen molar-refractivity contribution < 1.29 is 22.9 Å². The maximum absolute atomic E-state index is 12.6. The van der Waals surface area contributed by atoms with Gasteiger partial charge in [-0.2, -0.15) is 13.2 Å². The number of piperazine rings is 1. The van der Waals surface area contributed by atoms with Crippen LogP contribution >= 0.6 is 0 Å². The molecule has 0 aliphatic carbocycles. The number of alkyl halides is 3. The maximum atomic E-state index is 12.6. The van der Waals surface area contributed by atoms with E-state index in [0.717, 1.165) is 12.1 Å². The van der Waals surface area contributed by atoms with E-state index in [1.807, 2.05) is 0 Å². The average Bonchev–Trinajstić information content (AvgIpc) is 2.45. The van der Waals surface area contributed by atoms with Gasteiger partial charge in [0.05, 0.1) is 10.5 Å². The van der Waals surface area contributed by atoms with Gasteiger partial charge in [-0.15, -0.1) is 0 Å². The summed E-state index contributed by atoms with van der Waals surface area (Å²) in [6, 6.07) is 2.48. The van der Waals surface area contributed by atoms with Crippen molar-refractivity contribution in [2.24, 2.45) is 0 Å². The highest BCUT2D eigenvalue weighted by Crippen LogP contribution is 2.36. The summed E-state index contributed by atoms with van der Waals surface area (Å²) in [7, 11) is 0. The summed E-state index contributed by atoms with van der Waals surface area (Å²) in [6.45, 7) is 1.43. The lowest BCUT2D eigenvalue weighted by atomic mass is 10.1. The minimum absolute atomic E-state index is 0.138. The first-order valence-electron chi connectivity index (χ1n) is 6.13. The first kappa shape index (κ1) is 15.1. The van der Waals surface area contributed by atoms with Crippen molar-refractivity contribution in [3.8, 4) is 0 Å². The molecule has 1 amide bonds. The fraction of sp³-hybridized carbons (Fsp3) is 0.417. The molecule has 21 heavy (non-hydrogen) atoms. The molecule has 9 heteroatoms. The van der Waals surface area contributed by atoms with Crippen LogP contribution in [0.1, 0.15) is 5.56 Å². The lowest BCUT2D eigenvalue weighted by Crippen LogP contribution is -2.45. The van der Waals surface area contributed by atoms with Crippen LogP contribution in [0.4, 0.5) is 24.5 Å². The van der Waals surface area contributed by atoms with Crippen LogP contribution in [0.2, 0.25) is 0 Å². The minimum atomic E-state index is -4.63. The summed E-state index contributed by atoms with van der Waals surface area (Å²) in [5.74, 6) is 0. The van der Waals surface area contributed by atoms with Gasteiger partial charge in [0, 0.05) is 32.2 Å². The molecule has 1 aliphatic rings. The molecule has 6 nitrogen and oxygen atoms in total. The van der Waals surface area contributed by atoms with E-state index < -0.39 is 22.4 Å². The predicted molar refractivity (Wildman–Crippen MR) is 67.9 cm³/mol. The number of nitro benzene ring substituents is 1. The number of carbonyl (C=O) groups is 1. The van der Waals surface area contributed by atoms with E-state index in [1.165, 1.54) is 4.90 Å². The molecule has 1 heterocycles. The molecular formula is C12H12F3N3O3. The zero-order chi connectivity index (χ0) is 15.6. The summed E-state index contributed by atoms with van der Waals surface area (Å²) in [5, 5.41) is 11.0. The molecule has 0 aromatic heterocycles. The van der Waals surface area contributed by atoms with Crippen LogP contribution in [0, 0.1) is 10.1 Å². The van der Waals surface area contributed by atoms with Gasteiger partial charge in [0.25, 0.3) is 5.69 Å². The van der Waals surface area contributed by atoms with Crippen LogP contribution < -0.4 is 4.90 Å². The maximum Gasteiger partial charge on any atom is 0.416 e. The number of carbonyl (C=O) groups excluding carboxylic acids is 1. The van der Waals surface area contributed by atoms with Gasteiger partial charge in [-0.05, 0) is 12.1 Å². The van der Waals surface area contributed by atoms with E-state index in [-0.39, 0.29) is 5.69 Å². The summed E-state index contributed by atoms with van der Waals surface area (Å²) in [5.41, 5.74) is -1.49. The molecule has 1 aromatic rings. The summed E-state index contributed by atoms with van der Waals surface area (Å²) in [6.07, 6.45) is -3.95. The van der Waals surface area contributed by atoms with Gasteiger partial charge in [-0.3, -0.25) is 14.9 Å². The third kappa shape index (κ3) is 3.23. The standard InChI is InChI=1S/C12H12F3N3O3/c13-12(14,15)9-1-2-10(11(7-9)18(20)21)17-5-3-16(8-19)4-6-17/h1-2,7-8H,3-6H2. The van der Waals surface area contributed by atoms with E-state index in [1.54, 1.807) is 4.90 Å². The zero-order valence-electron chi connectivity index (χ0n) is 10.8. The molecule has 1 aliphatic heterocycles. The van der Waals surface area contributed by atoms with Crippen molar-refractivity contribution >= 4 is 17.8 Å². The minimum Gasteiger partial charge on any atom is -0.362 e. The number of hydrogen-bond donors (Lipinski definition) is 0. The Hall–Kier alpha value is -2.32. The Labute approximate surface area is 117 Å². The fourth-order valence-electron chi connectivity index (χ4n) is 2.18. The van der Waals surface area contributed by atoms with Gasteiger partial charge in [0.1, 0.15) is 5.69 Å². The van der Waals surface area contributed by atoms with E-state index in [0.29, 0.717) is 38.7 Å². The zero-order valence-corrected chi connectivity index (χ0v) is 10.8. The molecule has 1 saturated heterocycles. The van der Waals surface area contributed by atoms with Crippen molar-refractivity contribution in [3.05, 3.63) is 33.9 Å². The third-order valence-corrected chi connectivity index (χ3v) is 3.30. The monoisotopic (exact) mass is 303 g/mol. The molecule has 2 rings (SSSR count). The Morgan fingerprint density at radius 2 is 1.81 bits per heavy atom. The van der Waals surface area contributed by atoms with Gasteiger partial charge in [0.15, 0.2) is 0 Å². The third-order valence-electron chi connectivity index (χ3n) is 3.30. The quantitative estimate of drug-likeness (QED) is 0.486. The fourth-order valence-corrected chi connectivity index (χ4v) is 2.18. The molecule has 0 radical (unpaired) electrons. The summed E-state index contributed by atoms with van der Waals surface area (Å²) >= 11 is 0. The second-order valence-corrected chi connectivity index (χ2v) is 4.59. The van der Waals surface area contributed by atoms with Gasteiger partial charge in [-0.1, -0.05) is 0 Å². The Kier molecular flexibility index (Phi) is 4.01. The smallest absolute Gasteiger partial charge is 0.362 e. The Bertz CT molecular complexity index is 554. The second-order valence-electron chi connectivity index (χ2n) is 4.59. The number of nitro groups is 1. The lowest BCUT2D eigenvalue weighted by molar-refractivity contribution is -0.384. The van der Waals surface area contributed by atoms with Crippen LogP contribution in [0.3, 0.4) is 0 Å². The molecule has 0 spiro atoms. The molecule has 0 saturated carbocycles. The average molecular weight is 303 g/mol. The van der Waals surface area contributed by atoms with Gasteiger partial charge in [-0.25, -0.2) is 0 Å². The Morgan fingerprint density at radius 3 is 2.29 bits per heavy atom.